The van der Waals surface area contributed by atoms with Crippen molar-refractivity contribution in [2.75, 3.05) is 69.1 Å². The second-order valence-corrected chi connectivity index (χ2v) is 10.9. The molecule has 44 heavy (non-hydrogen) atoms. The summed E-state index contributed by atoms with van der Waals surface area (Å²) in [7, 11) is 2.77. The second-order valence-electron chi connectivity index (χ2n) is 10.9. The van der Waals surface area contributed by atoms with Gasteiger partial charge in [-0.1, -0.05) is 24.0 Å². The van der Waals surface area contributed by atoms with Gasteiger partial charge in [0.2, 0.25) is 5.91 Å². The fraction of sp³-hybridized carbons (Fsp3) is 0.387. The summed E-state index contributed by atoms with van der Waals surface area (Å²) in [5, 5.41) is 6.36. The van der Waals surface area contributed by atoms with Gasteiger partial charge < -0.3 is 51.7 Å². The highest BCUT2D eigenvalue weighted by atomic mass is 16.6. The molecule has 0 unspecified atom stereocenters. The highest BCUT2D eigenvalue weighted by Gasteiger charge is 2.32. The Morgan fingerprint density at radius 3 is 2.07 bits per heavy atom. The van der Waals surface area contributed by atoms with Crippen LogP contribution in [-0.4, -0.2) is 75.5 Å². The van der Waals surface area contributed by atoms with E-state index in [1.54, 1.807) is 11.0 Å². The van der Waals surface area contributed by atoms with Crippen molar-refractivity contribution in [2.45, 2.75) is 26.4 Å². The van der Waals surface area contributed by atoms with Crippen LogP contribution in [0.25, 0.3) is 0 Å². The number of likely N-dealkylation sites (tertiary alicyclic amines) is 1. The number of primary amides is 1. The minimum absolute atomic E-state index is 0.0191. The van der Waals surface area contributed by atoms with Crippen molar-refractivity contribution in [1.82, 2.24) is 4.90 Å². The Balaban J connectivity index is 1.57. The number of anilines is 4. The number of hydrogen-bond acceptors (Lipinski definition) is 11. The molecule has 8 N–H and O–H groups in total. The van der Waals surface area contributed by atoms with Crippen LogP contribution in [0.4, 0.5) is 27.5 Å². The molecule has 0 aliphatic carbocycles. The van der Waals surface area contributed by atoms with E-state index >= 15 is 0 Å². The fourth-order valence-electron chi connectivity index (χ4n) is 4.14. The van der Waals surface area contributed by atoms with Gasteiger partial charge in [-0.15, -0.1) is 0 Å². The standard InChI is InChI=1S/C31H40N6O7/c1-31(2,3)44-30(40)37-17-19(18-37)9-8-12-43-25-15-20(28(34)38)13-22(32)27(25)36-11-7-6-10-35-26-23(33)14-21(29(39)42-5)16-24(26)41-4/h6-7,13-16,19,35-36H,10-12,17-18,32-33H2,1-5H3,(H2,34,38)/b7-6+. The summed E-state index contributed by atoms with van der Waals surface area (Å²) in [6.07, 6.45) is 3.36. The average molecular weight is 609 g/mol. The van der Waals surface area contributed by atoms with E-state index in [4.69, 9.17) is 36.1 Å². The molecule has 3 rings (SSSR count). The lowest BCUT2D eigenvalue weighted by Gasteiger charge is -2.37. The van der Waals surface area contributed by atoms with Crippen molar-refractivity contribution >= 4 is 40.7 Å². The Morgan fingerprint density at radius 1 is 0.955 bits per heavy atom. The average Bonchev–Trinajstić information content (AvgIpc) is 2.93. The monoisotopic (exact) mass is 608 g/mol. The van der Waals surface area contributed by atoms with E-state index in [0.29, 0.717) is 54.7 Å². The van der Waals surface area contributed by atoms with Crippen LogP contribution in [0, 0.1) is 17.8 Å². The fourth-order valence-corrected chi connectivity index (χ4v) is 4.14. The predicted octanol–water partition coefficient (Wildman–Crippen LogP) is 3.07. The number of carbonyl (C=O) groups is 3. The van der Waals surface area contributed by atoms with E-state index in [9.17, 15) is 14.4 Å². The van der Waals surface area contributed by atoms with Gasteiger partial charge in [0.1, 0.15) is 35.1 Å². The molecule has 1 saturated heterocycles. The molecule has 2 aromatic carbocycles. The first kappa shape index (κ1) is 33.3. The smallest absolute Gasteiger partial charge is 0.410 e. The Kier molecular flexibility index (Phi) is 11.2. The molecule has 0 spiro atoms. The number of nitrogen functional groups attached to an aromatic ring is 2. The minimum Gasteiger partial charge on any atom is -0.494 e. The molecule has 0 bridgehead atoms. The van der Waals surface area contributed by atoms with Crippen LogP contribution in [0.1, 0.15) is 41.5 Å². The normalized spacial score (nSPS) is 12.9. The summed E-state index contributed by atoms with van der Waals surface area (Å²) in [6.45, 7) is 7.25. The van der Waals surface area contributed by atoms with Gasteiger partial charge in [0.25, 0.3) is 0 Å². The van der Waals surface area contributed by atoms with Gasteiger partial charge in [-0.3, -0.25) is 4.79 Å². The topological polar surface area (TPSA) is 193 Å². The van der Waals surface area contributed by atoms with E-state index < -0.39 is 17.5 Å². The third-order valence-electron chi connectivity index (χ3n) is 6.29. The number of methoxy groups -OCH3 is 2. The lowest BCUT2D eigenvalue weighted by atomic mass is 10.0. The van der Waals surface area contributed by atoms with Crippen molar-refractivity contribution in [2.24, 2.45) is 11.7 Å². The molecule has 0 aromatic heterocycles. The lowest BCUT2D eigenvalue weighted by Crippen LogP contribution is -2.51. The zero-order chi connectivity index (χ0) is 32.4. The number of benzene rings is 2. The highest BCUT2D eigenvalue weighted by molar-refractivity contribution is 5.96. The molecule has 0 radical (unpaired) electrons. The maximum atomic E-state index is 12.1. The van der Waals surface area contributed by atoms with E-state index in [0.717, 1.165) is 0 Å². The Hall–Kier alpha value is -5.25. The summed E-state index contributed by atoms with van der Waals surface area (Å²) in [5.41, 5.74) is 19.4. The largest absolute Gasteiger partial charge is 0.494 e. The molecule has 2 amide bonds. The van der Waals surface area contributed by atoms with Gasteiger partial charge in [-0.25, -0.2) is 9.59 Å². The Labute approximate surface area is 257 Å². The van der Waals surface area contributed by atoms with Gasteiger partial charge >= 0.3 is 12.1 Å². The molecule has 13 heteroatoms. The van der Waals surface area contributed by atoms with Crippen LogP contribution in [0.5, 0.6) is 11.5 Å². The Bertz CT molecular complexity index is 1470. The van der Waals surface area contributed by atoms with Gasteiger partial charge in [-0.2, -0.15) is 0 Å². The van der Waals surface area contributed by atoms with Crippen molar-refractivity contribution < 1.29 is 33.3 Å². The number of nitrogens with zero attached hydrogens (tertiary/aromatic N) is 1. The summed E-state index contributed by atoms with van der Waals surface area (Å²) in [5.74, 6) is 5.64. The molecule has 0 saturated carbocycles. The second kappa shape index (κ2) is 14.8. The molecule has 1 heterocycles. The maximum absolute atomic E-state index is 12.1. The van der Waals surface area contributed by atoms with Crippen LogP contribution >= 0.6 is 0 Å². The van der Waals surface area contributed by atoms with Crippen LogP contribution < -0.4 is 37.3 Å². The number of amides is 2. The minimum atomic E-state index is -0.642. The van der Waals surface area contributed by atoms with E-state index in [1.807, 2.05) is 32.9 Å². The molecular formula is C31H40N6O7. The van der Waals surface area contributed by atoms with Crippen LogP contribution in [0.3, 0.4) is 0 Å². The van der Waals surface area contributed by atoms with Crippen molar-refractivity contribution in [3.8, 4) is 23.3 Å². The van der Waals surface area contributed by atoms with Gasteiger partial charge in [-0.05, 0) is 45.0 Å². The first-order valence-corrected chi connectivity index (χ1v) is 13.8. The number of rotatable bonds is 11. The summed E-state index contributed by atoms with van der Waals surface area (Å²) in [6, 6.07) is 6.04. The first-order chi connectivity index (χ1) is 20.8. The van der Waals surface area contributed by atoms with E-state index in [1.165, 1.54) is 32.4 Å². The third kappa shape index (κ3) is 9.12. The number of ether oxygens (including phenoxy) is 4. The van der Waals surface area contributed by atoms with E-state index in [-0.39, 0.29) is 35.4 Å². The molecule has 0 atom stereocenters. The number of hydrogen-bond donors (Lipinski definition) is 5. The number of esters is 1. The SMILES string of the molecule is COC(=O)c1cc(N)c(NC/C=C/CNc2c(N)cc(C(N)=O)cc2OCC#CC2CN(C(=O)OC(C)(C)C)C2)c(OC)c1. The molecule has 1 aliphatic heterocycles. The molecule has 236 valence electrons. The lowest BCUT2D eigenvalue weighted by molar-refractivity contribution is 0.00588. The molecule has 1 fully saturated rings. The van der Waals surface area contributed by atoms with Crippen LogP contribution in [0.15, 0.2) is 36.4 Å². The van der Waals surface area contributed by atoms with Crippen LogP contribution in [0.2, 0.25) is 0 Å². The van der Waals surface area contributed by atoms with Crippen molar-refractivity contribution in [1.29, 1.82) is 0 Å². The van der Waals surface area contributed by atoms with Gasteiger partial charge in [0, 0.05) is 31.7 Å². The molecule has 2 aromatic rings. The van der Waals surface area contributed by atoms with Crippen molar-refractivity contribution in [3.05, 3.63) is 47.5 Å². The summed E-state index contributed by atoms with van der Waals surface area (Å²) >= 11 is 0. The Morgan fingerprint density at radius 2 is 1.52 bits per heavy atom. The quantitative estimate of drug-likeness (QED) is 0.109. The zero-order valence-electron chi connectivity index (χ0n) is 25.6. The number of nitrogens with one attached hydrogen (secondary N) is 2. The number of carbonyl (C=O) groups excluding carboxylic acids is 3. The van der Waals surface area contributed by atoms with Crippen LogP contribution in [-0.2, 0) is 9.47 Å². The summed E-state index contributed by atoms with van der Waals surface area (Å²) < 4.78 is 21.3. The number of nitrogens with two attached hydrogens (primary N) is 3. The third-order valence-corrected chi connectivity index (χ3v) is 6.29. The maximum Gasteiger partial charge on any atom is 0.410 e. The first-order valence-electron chi connectivity index (χ1n) is 13.8. The summed E-state index contributed by atoms with van der Waals surface area (Å²) in [4.78, 5) is 37.3. The van der Waals surface area contributed by atoms with Gasteiger partial charge in [0.05, 0.1) is 37.1 Å². The molecule has 13 nitrogen and oxygen atoms in total. The highest BCUT2D eigenvalue weighted by Crippen LogP contribution is 2.34. The van der Waals surface area contributed by atoms with Crippen molar-refractivity contribution in [3.63, 3.8) is 0 Å². The van der Waals surface area contributed by atoms with E-state index in [2.05, 4.69) is 22.5 Å². The molecule has 1 aliphatic rings. The predicted molar refractivity (Wildman–Crippen MR) is 169 cm³/mol. The van der Waals surface area contributed by atoms with Gasteiger partial charge in [0.15, 0.2) is 0 Å². The molecular weight excluding hydrogens is 568 g/mol. The zero-order valence-corrected chi connectivity index (χ0v) is 25.6.